The molecule has 0 aromatic heterocycles. The maximum absolute atomic E-state index is 13.4. The number of imide groups is 1. The number of amides is 2. The first kappa shape index (κ1) is 16.7. The van der Waals surface area contributed by atoms with Gasteiger partial charge in [0.2, 0.25) is 11.8 Å². The Morgan fingerprint density at radius 3 is 1.45 bits per heavy atom. The minimum absolute atomic E-state index is 0.170. The molecule has 0 saturated carbocycles. The van der Waals surface area contributed by atoms with Crippen molar-refractivity contribution in [2.75, 3.05) is 7.05 Å². The van der Waals surface area contributed by atoms with Gasteiger partial charge in [-0.15, -0.1) is 0 Å². The standard InChI is InChI=1S/C25H19NO3/c1-26-22(27)20-21(23(26)28)25(17-12-6-3-7-13-17)19-15-9-8-14-18(19)24(20,29-25)16-10-4-2-5-11-16/h2-15,20-21H,1H3/t20?,21?,24-,25+. The van der Waals surface area contributed by atoms with Crippen LogP contribution in [0, 0.1) is 11.8 Å². The molecule has 3 aromatic rings. The minimum atomic E-state index is -0.976. The molecule has 2 amide bonds. The fraction of sp³-hybridized carbons (Fsp3) is 0.200. The molecule has 2 unspecified atom stereocenters. The molecule has 4 atom stereocenters. The normalized spacial score (nSPS) is 31.8. The predicted molar refractivity (Wildman–Crippen MR) is 107 cm³/mol. The highest BCUT2D eigenvalue weighted by molar-refractivity contribution is 6.08. The van der Waals surface area contributed by atoms with E-state index in [1.807, 2.05) is 84.9 Å². The number of hydrogen-bond donors (Lipinski definition) is 0. The van der Waals surface area contributed by atoms with Gasteiger partial charge in [0.25, 0.3) is 0 Å². The molecule has 2 bridgehead atoms. The summed E-state index contributed by atoms with van der Waals surface area (Å²) >= 11 is 0. The van der Waals surface area contributed by atoms with Gasteiger partial charge in [-0.25, -0.2) is 0 Å². The highest BCUT2D eigenvalue weighted by Crippen LogP contribution is 2.70. The van der Waals surface area contributed by atoms with Gasteiger partial charge in [0.1, 0.15) is 11.2 Å². The molecule has 0 aliphatic carbocycles. The third-order valence-electron chi connectivity index (χ3n) is 6.86. The quantitative estimate of drug-likeness (QED) is 0.639. The van der Waals surface area contributed by atoms with Crippen molar-refractivity contribution < 1.29 is 14.3 Å². The third kappa shape index (κ3) is 1.74. The van der Waals surface area contributed by atoms with Crippen molar-refractivity contribution in [3.63, 3.8) is 0 Å². The summed E-state index contributed by atoms with van der Waals surface area (Å²) in [5.41, 5.74) is 1.83. The van der Waals surface area contributed by atoms with E-state index in [1.165, 1.54) is 4.90 Å². The fourth-order valence-electron chi connectivity index (χ4n) is 5.74. The number of nitrogens with zero attached hydrogens (tertiary/aromatic N) is 1. The van der Waals surface area contributed by atoms with Crippen LogP contribution < -0.4 is 0 Å². The van der Waals surface area contributed by atoms with Crippen LogP contribution in [0.3, 0.4) is 0 Å². The zero-order chi connectivity index (χ0) is 19.8. The summed E-state index contributed by atoms with van der Waals surface area (Å²) in [6.07, 6.45) is 0. The van der Waals surface area contributed by atoms with Gasteiger partial charge < -0.3 is 4.74 Å². The molecule has 3 heterocycles. The van der Waals surface area contributed by atoms with E-state index >= 15 is 0 Å². The Kier molecular flexibility index (Phi) is 3.12. The lowest BCUT2D eigenvalue weighted by Gasteiger charge is -2.34. The van der Waals surface area contributed by atoms with Gasteiger partial charge >= 0.3 is 0 Å². The van der Waals surface area contributed by atoms with Gasteiger partial charge in [0.05, 0.1) is 11.8 Å². The summed E-state index contributed by atoms with van der Waals surface area (Å²) in [6.45, 7) is 0. The zero-order valence-electron chi connectivity index (χ0n) is 15.9. The predicted octanol–water partition coefficient (Wildman–Crippen LogP) is 3.45. The van der Waals surface area contributed by atoms with Gasteiger partial charge in [-0.05, 0) is 22.3 Å². The monoisotopic (exact) mass is 381 g/mol. The summed E-state index contributed by atoms with van der Waals surface area (Å²) < 4.78 is 6.98. The molecule has 3 aliphatic rings. The average molecular weight is 381 g/mol. The van der Waals surface area contributed by atoms with E-state index in [4.69, 9.17) is 4.74 Å². The maximum atomic E-state index is 13.4. The highest BCUT2D eigenvalue weighted by atomic mass is 16.5. The lowest BCUT2D eigenvalue weighted by atomic mass is 9.61. The van der Waals surface area contributed by atoms with Crippen LogP contribution in [0.4, 0.5) is 0 Å². The van der Waals surface area contributed by atoms with Gasteiger partial charge in [-0.2, -0.15) is 0 Å². The molecule has 2 fully saturated rings. The second kappa shape index (κ2) is 5.43. The first-order valence-electron chi connectivity index (χ1n) is 9.85. The number of carbonyl (C=O) groups is 2. The minimum Gasteiger partial charge on any atom is -0.348 e. The van der Waals surface area contributed by atoms with Crippen LogP contribution in [-0.2, 0) is 25.5 Å². The summed E-state index contributed by atoms with van der Waals surface area (Å²) in [6, 6.07) is 27.7. The van der Waals surface area contributed by atoms with E-state index in [-0.39, 0.29) is 11.8 Å². The van der Waals surface area contributed by atoms with Crippen molar-refractivity contribution >= 4 is 11.8 Å². The molecule has 2 saturated heterocycles. The number of carbonyl (C=O) groups excluding carboxylic acids is 2. The van der Waals surface area contributed by atoms with Crippen LogP contribution in [0.1, 0.15) is 22.3 Å². The van der Waals surface area contributed by atoms with Crippen molar-refractivity contribution in [1.82, 2.24) is 4.90 Å². The van der Waals surface area contributed by atoms with Crippen LogP contribution in [-0.4, -0.2) is 23.8 Å². The SMILES string of the molecule is CN1C(=O)C2C(C1=O)[C@@]1(c3ccccc3)O[C@]2(c2ccccc2)c2ccccc21. The molecular formula is C25H19NO3. The summed E-state index contributed by atoms with van der Waals surface area (Å²) in [4.78, 5) is 28.0. The van der Waals surface area contributed by atoms with Crippen molar-refractivity contribution in [3.8, 4) is 0 Å². The van der Waals surface area contributed by atoms with E-state index in [9.17, 15) is 9.59 Å². The van der Waals surface area contributed by atoms with Crippen molar-refractivity contribution in [1.29, 1.82) is 0 Å². The molecule has 6 rings (SSSR count). The molecule has 0 radical (unpaired) electrons. The zero-order valence-corrected chi connectivity index (χ0v) is 15.9. The van der Waals surface area contributed by atoms with Gasteiger partial charge in [0, 0.05) is 7.05 Å². The number of hydrogen-bond acceptors (Lipinski definition) is 3. The lowest BCUT2D eigenvalue weighted by molar-refractivity contribution is -0.146. The largest absolute Gasteiger partial charge is 0.348 e. The Morgan fingerprint density at radius 1 is 0.655 bits per heavy atom. The van der Waals surface area contributed by atoms with Crippen LogP contribution in [0.5, 0.6) is 0 Å². The van der Waals surface area contributed by atoms with Crippen molar-refractivity contribution in [2.45, 2.75) is 11.2 Å². The van der Waals surface area contributed by atoms with Gasteiger partial charge in [-0.3, -0.25) is 14.5 Å². The second-order valence-electron chi connectivity index (χ2n) is 8.04. The van der Waals surface area contributed by atoms with Crippen LogP contribution >= 0.6 is 0 Å². The molecule has 29 heavy (non-hydrogen) atoms. The molecule has 3 aliphatic heterocycles. The molecule has 4 nitrogen and oxygen atoms in total. The topological polar surface area (TPSA) is 46.6 Å². The molecule has 3 aromatic carbocycles. The van der Waals surface area contributed by atoms with E-state index in [1.54, 1.807) is 7.05 Å². The van der Waals surface area contributed by atoms with E-state index in [2.05, 4.69) is 0 Å². The summed E-state index contributed by atoms with van der Waals surface area (Å²) in [5.74, 6) is -1.51. The first-order chi connectivity index (χ1) is 14.1. The maximum Gasteiger partial charge on any atom is 0.236 e. The lowest BCUT2D eigenvalue weighted by Crippen LogP contribution is -2.42. The Bertz CT molecular complexity index is 1070. The fourth-order valence-corrected chi connectivity index (χ4v) is 5.74. The highest BCUT2D eigenvalue weighted by Gasteiger charge is 2.78. The summed E-state index contributed by atoms with van der Waals surface area (Å²) in [5, 5.41) is 0. The molecule has 142 valence electrons. The van der Waals surface area contributed by atoms with Gasteiger partial charge in [0.15, 0.2) is 0 Å². The smallest absolute Gasteiger partial charge is 0.236 e. The Morgan fingerprint density at radius 2 is 1.03 bits per heavy atom. The Hall–Kier alpha value is -3.24. The molecule has 4 heteroatoms. The Labute approximate surface area is 168 Å². The van der Waals surface area contributed by atoms with Crippen LogP contribution in [0.15, 0.2) is 84.9 Å². The van der Waals surface area contributed by atoms with Crippen molar-refractivity contribution in [2.24, 2.45) is 11.8 Å². The first-order valence-corrected chi connectivity index (χ1v) is 9.85. The van der Waals surface area contributed by atoms with Crippen molar-refractivity contribution in [3.05, 3.63) is 107 Å². The summed E-state index contributed by atoms with van der Waals surface area (Å²) in [7, 11) is 1.59. The number of benzene rings is 3. The number of fused-ring (bicyclic) bond motifs is 8. The molecule has 0 N–H and O–H groups in total. The molecule has 0 spiro atoms. The average Bonchev–Trinajstić information content (AvgIpc) is 3.36. The van der Waals surface area contributed by atoms with Gasteiger partial charge in [-0.1, -0.05) is 84.9 Å². The van der Waals surface area contributed by atoms with Crippen LogP contribution in [0.2, 0.25) is 0 Å². The molecular weight excluding hydrogens is 362 g/mol. The Balaban J connectivity index is 1.75. The number of likely N-dealkylation sites (tertiary alicyclic amines) is 1. The van der Waals surface area contributed by atoms with Crippen LogP contribution in [0.25, 0.3) is 0 Å². The van der Waals surface area contributed by atoms with E-state index in [0.29, 0.717) is 0 Å². The van der Waals surface area contributed by atoms with E-state index < -0.39 is 23.0 Å². The number of ether oxygens (including phenoxy) is 1. The number of rotatable bonds is 2. The van der Waals surface area contributed by atoms with E-state index in [0.717, 1.165) is 22.3 Å². The second-order valence-corrected chi connectivity index (χ2v) is 8.04. The third-order valence-corrected chi connectivity index (χ3v) is 6.86.